The first-order valence-electron chi connectivity index (χ1n) is 4.97. The van der Waals surface area contributed by atoms with Crippen LogP contribution in [0.25, 0.3) is 10.2 Å². The van der Waals surface area contributed by atoms with Crippen molar-refractivity contribution in [1.29, 1.82) is 0 Å². The third-order valence-corrected chi connectivity index (χ3v) is 5.74. The Hall–Kier alpha value is -0.720. The van der Waals surface area contributed by atoms with E-state index in [0.717, 1.165) is 10.4 Å². The van der Waals surface area contributed by atoms with Crippen LogP contribution in [0, 0.1) is 13.8 Å². The van der Waals surface area contributed by atoms with E-state index < -0.39 is 9.84 Å². The molecule has 2 rings (SSSR count). The van der Waals surface area contributed by atoms with Crippen LogP contribution in [0.15, 0.2) is 11.4 Å². The fourth-order valence-corrected chi connectivity index (χ4v) is 4.42. The number of aromatic nitrogens is 2. The zero-order valence-electron chi connectivity index (χ0n) is 9.40. The fraction of sp³-hybridized carbons (Fsp3) is 0.400. The maximum absolute atomic E-state index is 12.0. The Kier molecular flexibility index (Phi) is 3.38. The number of nitrogens with zero attached hydrogens (tertiary/aromatic N) is 2. The van der Waals surface area contributed by atoms with Gasteiger partial charge in [-0.05, 0) is 19.4 Å². The van der Waals surface area contributed by atoms with Crippen molar-refractivity contribution in [2.24, 2.45) is 0 Å². The number of halogens is 1. The smallest absolute Gasteiger partial charge is 0.197 e. The molecular formula is C10H11ClN2O2S2. The molecule has 0 aromatic carbocycles. The lowest BCUT2D eigenvalue weighted by Gasteiger charge is -2.03. The Bertz CT molecular complexity index is 664. The van der Waals surface area contributed by atoms with E-state index in [0.29, 0.717) is 10.2 Å². The monoisotopic (exact) mass is 290 g/mol. The summed E-state index contributed by atoms with van der Waals surface area (Å²) in [4.78, 5) is 9.80. The summed E-state index contributed by atoms with van der Waals surface area (Å²) >= 11 is 6.99. The molecule has 0 aliphatic carbocycles. The van der Waals surface area contributed by atoms with E-state index in [2.05, 4.69) is 9.97 Å². The predicted molar refractivity (Wildman–Crippen MR) is 69.7 cm³/mol. The van der Waals surface area contributed by atoms with Gasteiger partial charge < -0.3 is 0 Å². The zero-order valence-corrected chi connectivity index (χ0v) is 11.8. The number of hydrogen-bond donors (Lipinski definition) is 0. The van der Waals surface area contributed by atoms with Gasteiger partial charge in [-0.25, -0.2) is 18.4 Å². The minimum atomic E-state index is -3.42. The summed E-state index contributed by atoms with van der Waals surface area (Å²) in [6.07, 6.45) is 1.29. The number of alkyl halides is 1. The highest BCUT2D eigenvalue weighted by Gasteiger charge is 2.22. The third kappa shape index (κ3) is 2.17. The van der Waals surface area contributed by atoms with Crippen molar-refractivity contribution in [3.05, 3.63) is 16.8 Å². The Morgan fingerprint density at radius 3 is 2.71 bits per heavy atom. The minimum absolute atomic E-state index is 0.0655. The highest BCUT2D eigenvalue weighted by atomic mass is 35.5. The molecule has 0 bridgehead atoms. The first-order valence-corrected chi connectivity index (χ1v) is 7.97. The van der Waals surface area contributed by atoms with E-state index in [1.807, 2.05) is 13.8 Å². The van der Waals surface area contributed by atoms with E-state index in [1.165, 1.54) is 17.7 Å². The van der Waals surface area contributed by atoms with Crippen LogP contribution in [0.1, 0.15) is 10.4 Å². The molecule has 17 heavy (non-hydrogen) atoms. The largest absolute Gasteiger partial charge is 0.225 e. The van der Waals surface area contributed by atoms with Gasteiger partial charge in [0, 0.05) is 10.8 Å². The van der Waals surface area contributed by atoms with Gasteiger partial charge in [0.05, 0.1) is 11.1 Å². The summed E-state index contributed by atoms with van der Waals surface area (Å²) in [6, 6.07) is 0. The normalized spacial score (nSPS) is 12.2. The minimum Gasteiger partial charge on any atom is -0.225 e. The lowest BCUT2D eigenvalue weighted by atomic mass is 10.2. The van der Waals surface area contributed by atoms with Gasteiger partial charge >= 0.3 is 0 Å². The van der Waals surface area contributed by atoms with Crippen molar-refractivity contribution in [3.8, 4) is 0 Å². The van der Waals surface area contributed by atoms with Gasteiger partial charge in [-0.3, -0.25) is 0 Å². The molecule has 4 nitrogen and oxygen atoms in total. The molecule has 0 atom stereocenters. The zero-order chi connectivity index (χ0) is 12.6. The van der Waals surface area contributed by atoms with Crippen LogP contribution in [-0.4, -0.2) is 30.0 Å². The highest BCUT2D eigenvalue weighted by molar-refractivity contribution is 7.91. The molecule has 2 heterocycles. The lowest BCUT2D eigenvalue weighted by Crippen LogP contribution is -2.10. The molecule has 2 aromatic rings. The first-order chi connectivity index (χ1) is 7.97. The van der Waals surface area contributed by atoms with Gasteiger partial charge in [-0.2, -0.15) is 0 Å². The van der Waals surface area contributed by atoms with Crippen molar-refractivity contribution < 1.29 is 8.42 Å². The number of rotatable bonds is 3. The summed E-state index contributed by atoms with van der Waals surface area (Å²) in [6.45, 7) is 3.83. The quantitative estimate of drug-likeness (QED) is 0.643. The molecular weight excluding hydrogens is 280 g/mol. The van der Waals surface area contributed by atoms with Crippen LogP contribution in [-0.2, 0) is 9.84 Å². The molecule has 0 N–H and O–H groups in total. The van der Waals surface area contributed by atoms with Gasteiger partial charge in [0.2, 0.25) is 0 Å². The molecule has 0 unspecified atom stereocenters. The van der Waals surface area contributed by atoms with Crippen molar-refractivity contribution in [1.82, 2.24) is 9.97 Å². The summed E-state index contributed by atoms with van der Waals surface area (Å²) < 4.78 is 24.1. The van der Waals surface area contributed by atoms with Gasteiger partial charge in [-0.15, -0.1) is 22.9 Å². The van der Waals surface area contributed by atoms with Crippen molar-refractivity contribution >= 4 is 43.0 Å². The second kappa shape index (κ2) is 4.51. The van der Waals surface area contributed by atoms with Crippen LogP contribution in [0.5, 0.6) is 0 Å². The maximum Gasteiger partial charge on any atom is 0.197 e. The maximum atomic E-state index is 12.0. The second-order valence-corrected chi connectivity index (χ2v) is 7.26. The van der Waals surface area contributed by atoms with E-state index in [-0.39, 0.29) is 16.7 Å². The summed E-state index contributed by atoms with van der Waals surface area (Å²) in [7, 11) is -3.42. The average Bonchev–Trinajstić information content (AvgIpc) is 2.55. The summed E-state index contributed by atoms with van der Waals surface area (Å²) in [5.41, 5.74) is 0.929. The number of fused-ring (bicyclic) bond motifs is 1. The van der Waals surface area contributed by atoms with E-state index in [9.17, 15) is 8.42 Å². The number of thiophene rings is 1. The molecule has 0 fully saturated rings. The number of sulfone groups is 1. The van der Waals surface area contributed by atoms with E-state index in [4.69, 9.17) is 11.6 Å². The van der Waals surface area contributed by atoms with E-state index in [1.54, 1.807) is 0 Å². The fourth-order valence-electron chi connectivity index (χ4n) is 1.58. The van der Waals surface area contributed by atoms with Crippen LogP contribution in [0.2, 0.25) is 0 Å². The SMILES string of the molecule is Cc1sc2ncnc(S(=O)(=O)CCCl)c2c1C. The van der Waals surface area contributed by atoms with Gasteiger partial charge in [0.15, 0.2) is 14.9 Å². The summed E-state index contributed by atoms with van der Waals surface area (Å²) in [5, 5.41) is 0.741. The molecule has 0 radical (unpaired) electrons. The Labute approximate surface area is 109 Å². The van der Waals surface area contributed by atoms with Gasteiger partial charge in [0.1, 0.15) is 11.2 Å². The number of aryl methyl sites for hydroxylation is 2. The molecule has 0 saturated heterocycles. The molecule has 7 heteroatoms. The molecule has 0 saturated carbocycles. The Balaban J connectivity index is 2.79. The molecule has 92 valence electrons. The van der Waals surface area contributed by atoms with Crippen LogP contribution in [0.4, 0.5) is 0 Å². The summed E-state index contributed by atoms with van der Waals surface area (Å²) in [5.74, 6) is -0.0367. The lowest BCUT2D eigenvalue weighted by molar-refractivity contribution is 0.594. The molecule has 0 aliphatic rings. The van der Waals surface area contributed by atoms with Gasteiger partial charge in [-0.1, -0.05) is 0 Å². The van der Waals surface area contributed by atoms with E-state index >= 15 is 0 Å². The predicted octanol–water partition coefficient (Wildman–Crippen LogP) is 2.32. The third-order valence-electron chi connectivity index (χ3n) is 2.57. The number of hydrogen-bond acceptors (Lipinski definition) is 5. The molecule has 2 aromatic heterocycles. The molecule has 0 aliphatic heterocycles. The average molecular weight is 291 g/mol. The van der Waals surface area contributed by atoms with Crippen molar-refractivity contribution in [2.45, 2.75) is 18.9 Å². The standard InChI is InChI=1S/C10H11ClN2O2S2/c1-6-7(2)16-9-8(6)10(13-5-12-9)17(14,15)4-3-11/h5H,3-4H2,1-2H3. The second-order valence-electron chi connectivity index (χ2n) is 3.65. The van der Waals surface area contributed by atoms with Crippen LogP contribution in [0.3, 0.4) is 0 Å². The highest BCUT2D eigenvalue weighted by Crippen LogP contribution is 2.32. The van der Waals surface area contributed by atoms with Crippen molar-refractivity contribution in [3.63, 3.8) is 0 Å². The first kappa shape index (κ1) is 12.7. The van der Waals surface area contributed by atoms with Crippen LogP contribution >= 0.6 is 22.9 Å². The van der Waals surface area contributed by atoms with Crippen molar-refractivity contribution in [2.75, 3.05) is 11.6 Å². The topological polar surface area (TPSA) is 59.9 Å². The molecule has 0 amide bonds. The Morgan fingerprint density at radius 1 is 1.35 bits per heavy atom. The molecule has 0 spiro atoms. The van der Waals surface area contributed by atoms with Gasteiger partial charge in [0.25, 0.3) is 0 Å². The Morgan fingerprint density at radius 2 is 2.06 bits per heavy atom. The van der Waals surface area contributed by atoms with Crippen LogP contribution < -0.4 is 0 Å².